The van der Waals surface area contributed by atoms with Crippen LogP contribution in [0.1, 0.15) is 0 Å². The lowest BCUT2D eigenvalue weighted by molar-refractivity contribution is 0.265. The van der Waals surface area contributed by atoms with Gasteiger partial charge < -0.3 is 11.1 Å². The van der Waals surface area contributed by atoms with Crippen LogP contribution >= 0.6 is 11.6 Å². The maximum atomic E-state index is 12.3. The van der Waals surface area contributed by atoms with Gasteiger partial charge in [0.2, 0.25) is 0 Å². The van der Waals surface area contributed by atoms with Crippen LogP contribution in [0.4, 0.5) is 10.1 Å². The Labute approximate surface area is 112 Å². The Balaban J connectivity index is 0.000000180. The van der Waals surface area contributed by atoms with E-state index in [0.29, 0.717) is 5.69 Å². The number of rotatable bonds is 2. The number of piperazine rings is 1. The smallest absolute Gasteiger partial charge is 0.141 e. The molecule has 5 heteroatoms. The van der Waals surface area contributed by atoms with E-state index >= 15 is 0 Å². The number of nitrogens with zero attached hydrogens (tertiary/aromatic N) is 1. The van der Waals surface area contributed by atoms with Gasteiger partial charge in [-0.1, -0.05) is 17.7 Å². The van der Waals surface area contributed by atoms with Gasteiger partial charge in [-0.15, -0.1) is 6.58 Å². The minimum atomic E-state index is -0.439. The Morgan fingerprint density at radius 3 is 2.61 bits per heavy atom. The highest BCUT2D eigenvalue weighted by atomic mass is 35.5. The molecule has 0 saturated carbocycles. The summed E-state index contributed by atoms with van der Waals surface area (Å²) >= 11 is 5.36. The Bertz CT molecular complexity index is 378. The van der Waals surface area contributed by atoms with Crippen LogP contribution in [0.5, 0.6) is 0 Å². The molecule has 0 aliphatic carbocycles. The van der Waals surface area contributed by atoms with Crippen LogP contribution in [0.3, 0.4) is 0 Å². The van der Waals surface area contributed by atoms with Crippen LogP contribution < -0.4 is 11.1 Å². The van der Waals surface area contributed by atoms with E-state index in [1.165, 1.54) is 31.3 Å². The van der Waals surface area contributed by atoms with E-state index < -0.39 is 5.82 Å². The lowest BCUT2D eigenvalue weighted by Crippen LogP contribution is -2.43. The van der Waals surface area contributed by atoms with E-state index in [9.17, 15) is 4.39 Å². The molecule has 0 bridgehead atoms. The second kappa shape index (κ2) is 8.08. The molecule has 2 rings (SSSR count). The molecule has 0 unspecified atom stereocenters. The van der Waals surface area contributed by atoms with Crippen LogP contribution in [0.15, 0.2) is 30.9 Å². The van der Waals surface area contributed by atoms with Gasteiger partial charge in [0.1, 0.15) is 5.82 Å². The lowest BCUT2D eigenvalue weighted by atomic mass is 10.3. The van der Waals surface area contributed by atoms with Crippen molar-refractivity contribution in [3.05, 3.63) is 41.7 Å². The zero-order valence-electron chi connectivity index (χ0n) is 10.3. The molecule has 0 radical (unpaired) electrons. The zero-order valence-corrected chi connectivity index (χ0v) is 11.1. The number of benzene rings is 1. The molecule has 1 aliphatic heterocycles. The van der Waals surface area contributed by atoms with Gasteiger partial charge in [0.25, 0.3) is 0 Å². The first-order valence-electron chi connectivity index (χ1n) is 5.88. The Hall–Kier alpha value is -1.10. The van der Waals surface area contributed by atoms with Crippen molar-refractivity contribution in [3.8, 4) is 0 Å². The summed E-state index contributed by atoms with van der Waals surface area (Å²) in [5, 5.41) is 3.36. The van der Waals surface area contributed by atoms with Crippen LogP contribution in [-0.4, -0.2) is 37.6 Å². The van der Waals surface area contributed by atoms with Gasteiger partial charge in [-0.2, -0.15) is 0 Å². The van der Waals surface area contributed by atoms with E-state index in [0.717, 1.165) is 19.6 Å². The molecule has 1 aliphatic rings. The number of hydrogen-bond acceptors (Lipinski definition) is 3. The Morgan fingerprint density at radius 2 is 2.11 bits per heavy atom. The summed E-state index contributed by atoms with van der Waals surface area (Å²) in [6.07, 6.45) is 1.96. The highest BCUT2D eigenvalue weighted by Gasteiger charge is 2.05. The van der Waals surface area contributed by atoms with Crippen molar-refractivity contribution >= 4 is 17.3 Å². The average Bonchev–Trinajstić information content (AvgIpc) is 2.37. The largest absolute Gasteiger partial charge is 0.399 e. The molecule has 18 heavy (non-hydrogen) atoms. The molecule has 1 heterocycles. The third kappa shape index (κ3) is 5.49. The number of anilines is 1. The fraction of sp³-hybridized carbons (Fsp3) is 0.385. The molecule has 3 nitrogen and oxygen atoms in total. The summed E-state index contributed by atoms with van der Waals surface area (Å²) in [7, 11) is 0. The van der Waals surface area contributed by atoms with Crippen LogP contribution in [-0.2, 0) is 0 Å². The minimum Gasteiger partial charge on any atom is -0.399 e. The molecular weight excluding hydrogens is 253 g/mol. The highest BCUT2D eigenvalue weighted by Crippen LogP contribution is 2.16. The molecule has 0 spiro atoms. The van der Waals surface area contributed by atoms with Crippen LogP contribution in [0.2, 0.25) is 5.02 Å². The van der Waals surface area contributed by atoms with Gasteiger partial charge >= 0.3 is 0 Å². The van der Waals surface area contributed by atoms with E-state index in [1.807, 2.05) is 6.08 Å². The number of hydrogen-bond donors (Lipinski definition) is 2. The molecule has 0 atom stereocenters. The van der Waals surface area contributed by atoms with Gasteiger partial charge in [-0.3, -0.25) is 4.90 Å². The van der Waals surface area contributed by atoms with Gasteiger partial charge in [0.05, 0.1) is 5.02 Å². The fourth-order valence-corrected chi connectivity index (χ4v) is 1.78. The fourth-order valence-electron chi connectivity index (χ4n) is 1.59. The van der Waals surface area contributed by atoms with Gasteiger partial charge in [-0.05, 0) is 18.2 Å². The van der Waals surface area contributed by atoms with E-state index in [1.54, 1.807) is 0 Å². The van der Waals surface area contributed by atoms with Crippen molar-refractivity contribution in [1.82, 2.24) is 10.2 Å². The second-order valence-electron chi connectivity index (χ2n) is 4.01. The molecule has 1 aromatic carbocycles. The van der Waals surface area contributed by atoms with Crippen molar-refractivity contribution in [3.63, 3.8) is 0 Å². The molecule has 3 N–H and O–H groups in total. The van der Waals surface area contributed by atoms with Gasteiger partial charge in [0.15, 0.2) is 0 Å². The zero-order chi connectivity index (χ0) is 13.4. The first-order valence-corrected chi connectivity index (χ1v) is 6.25. The Morgan fingerprint density at radius 1 is 1.44 bits per heavy atom. The topological polar surface area (TPSA) is 41.3 Å². The predicted molar refractivity (Wildman–Crippen MR) is 75.3 cm³/mol. The molecule has 1 aromatic rings. The van der Waals surface area contributed by atoms with E-state index in [2.05, 4.69) is 16.8 Å². The first-order chi connectivity index (χ1) is 8.63. The molecule has 100 valence electrons. The number of halogens is 2. The highest BCUT2D eigenvalue weighted by molar-refractivity contribution is 6.31. The first kappa shape index (κ1) is 15.0. The third-order valence-corrected chi connectivity index (χ3v) is 2.83. The third-order valence-electron chi connectivity index (χ3n) is 2.54. The normalized spacial score (nSPS) is 15.7. The summed E-state index contributed by atoms with van der Waals surface area (Å²) in [4.78, 5) is 2.39. The summed E-state index contributed by atoms with van der Waals surface area (Å²) < 4.78 is 12.3. The summed E-state index contributed by atoms with van der Waals surface area (Å²) in [6.45, 7) is 9.35. The van der Waals surface area contributed by atoms with Gasteiger partial charge in [-0.25, -0.2) is 4.39 Å². The summed E-state index contributed by atoms with van der Waals surface area (Å²) in [6, 6.07) is 4.07. The van der Waals surface area contributed by atoms with Crippen molar-refractivity contribution in [2.75, 3.05) is 38.5 Å². The Kier molecular flexibility index (Phi) is 6.72. The quantitative estimate of drug-likeness (QED) is 0.640. The molecule has 0 aromatic heterocycles. The summed E-state index contributed by atoms with van der Waals surface area (Å²) in [5.74, 6) is -0.439. The SMILES string of the molecule is C=CCN1CCNCC1.Nc1ccc(F)c(Cl)c1. The molecule has 0 amide bonds. The van der Waals surface area contributed by atoms with Crippen molar-refractivity contribution in [2.24, 2.45) is 0 Å². The van der Waals surface area contributed by atoms with E-state index in [4.69, 9.17) is 17.3 Å². The lowest BCUT2D eigenvalue weighted by Gasteiger charge is -2.25. The number of nitrogen functional groups attached to an aromatic ring is 1. The maximum Gasteiger partial charge on any atom is 0.141 e. The molecule has 1 saturated heterocycles. The van der Waals surface area contributed by atoms with Crippen molar-refractivity contribution in [1.29, 1.82) is 0 Å². The van der Waals surface area contributed by atoms with E-state index in [-0.39, 0.29) is 5.02 Å². The van der Waals surface area contributed by atoms with Gasteiger partial charge in [0, 0.05) is 38.4 Å². The molecule has 1 fully saturated rings. The van der Waals surface area contributed by atoms with Crippen molar-refractivity contribution < 1.29 is 4.39 Å². The van der Waals surface area contributed by atoms with Crippen LogP contribution in [0, 0.1) is 5.82 Å². The van der Waals surface area contributed by atoms with Crippen LogP contribution in [0.25, 0.3) is 0 Å². The monoisotopic (exact) mass is 271 g/mol. The molecular formula is C13H19ClFN3. The minimum absolute atomic E-state index is 0.0648. The second-order valence-corrected chi connectivity index (χ2v) is 4.42. The number of nitrogens with two attached hydrogens (primary N) is 1. The maximum absolute atomic E-state index is 12.3. The average molecular weight is 272 g/mol. The predicted octanol–water partition coefficient (Wildman–Crippen LogP) is 2.14. The number of nitrogens with one attached hydrogen (secondary N) is 1. The standard InChI is InChI=1S/C7H14N2.C6H5ClFN/c1-2-5-9-6-3-8-4-7-9;7-5-3-4(9)1-2-6(5)8/h2,8H,1,3-7H2;1-3H,9H2. The van der Waals surface area contributed by atoms with Crippen molar-refractivity contribution in [2.45, 2.75) is 0 Å². The summed E-state index contributed by atoms with van der Waals surface area (Å²) in [5.41, 5.74) is 5.75.